The van der Waals surface area contributed by atoms with E-state index >= 15 is 0 Å². The molecule has 4 aromatic rings. The van der Waals surface area contributed by atoms with Crippen molar-refractivity contribution < 1.29 is 22.7 Å². The van der Waals surface area contributed by atoms with Crippen molar-refractivity contribution in [2.75, 3.05) is 5.32 Å². The zero-order valence-corrected chi connectivity index (χ0v) is 15.9. The molecule has 1 amide bonds. The highest BCUT2D eigenvalue weighted by atomic mass is 19.4. The fourth-order valence-corrected chi connectivity index (χ4v) is 2.84. The van der Waals surface area contributed by atoms with Crippen molar-refractivity contribution in [3.63, 3.8) is 0 Å². The minimum Gasteiger partial charge on any atom is -0.457 e. The number of anilines is 1. The molecule has 156 valence electrons. The first-order valence-electron chi connectivity index (χ1n) is 9.11. The normalized spacial score (nSPS) is 11.2. The lowest BCUT2D eigenvalue weighted by molar-refractivity contribution is -0.137. The molecule has 0 radical (unpaired) electrons. The number of alkyl halides is 3. The molecule has 1 N–H and O–H groups in total. The van der Waals surface area contributed by atoms with E-state index in [2.05, 4.69) is 15.4 Å². The third-order valence-corrected chi connectivity index (χ3v) is 4.33. The third-order valence-electron chi connectivity index (χ3n) is 4.33. The van der Waals surface area contributed by atoms with Crippen LogP contribution in [-0.4, -0.2) is 20.7 Å². The molecule has 9 heteroatoms. The Kier molecular flexibility index (Phi) is 5.40. The number of carbonyl (C=O) groups is 1. The SMILES string of the molecule is O=C(Nc1cc(C(F)(F)F)ccc1-n1cncn1)c1ccc(Oc2ccccc2)cc1. The van der Waals surface area contributed by atoms with Crippen LogP contribution in [-0.2, 0) is 6.18 Å². The van der Waals surface area contributed by atoms with Gasteiger partial charge in [-0.3, -0.25) is 4.79 Å². The summed E-state index contributed by atoms with van der Waals surface area (Å²) in [6.45, 7) is 0. The molecule has 0 saturated heterocycles. The molecule has 0 atom stereocenters. The molecule has 0 fully saturated rings. The van der Waals surface area contributed by atoms with Crippen LogP contribution in [0.2, 0.25) is 0 Å². The highest BCUT2D eigenvalue weighted by molar-refractivity contribution is 6.05. The Labute approximate surface area is 174 Å². The Morgan fingerprint density at radius 3 is 2.29 bits per heavy atom. The fraction of sp³-hybridized carbons (Fsp3) is 0.0455. The highest BCUT2D eigenvalue weighted by Crippen LogP contribution is 2.33. The van der Waals surface area contributed by atoms with E-state index in [1.807, 2.05) is 18.2 Å². The molecule has 1 heterocycles. The minimum atomic E-state index is -4.56. The first-order valence-corrected chi connectivity index (χ1v) is 9.11. The van der Waals surface area contributed by atoms with Gasteiger partial charge in [-0.15, -0.1) is 0 Å². The van der Waals surface area contributed by atoms with Crippen molar-refractivity contribution in [3.8, 4) is 17.2 Å². The van der Waals surface area contributed by atoms with Crippen LogP contribution in [0.15, 0.2) is 85.5 Å². The van der Waals surface area contributed by atoms with Crippen LogP contribution in [0.5, 0.6) is 11.5 Å². The Hall–Kier alpha value is -4.14. The van der Waals surface area contributed by atoms with Crippen LogP contribution < -0.4 is 10.1 Å². The number of halogens is 3. The lowest BCUT2D eigenvalue weighted by atomic mass is 10.1. The van der Waals surface area contributed by atoms with Crippen LogP contribution in [0.4, 0.5) is 18.9 Å². The quantitative estimate of drug-likeness (QED) is 0.470. The number of para-hydroxylation sites is 1. The molecular weight excluding hydrogens is 409 g/mol. The summed E-state index contributed by atoms with van der Waals surface area (Å²) in [6, 6.07) is 18.4. The third kappa shape index (κ3) is 4.72. The van der Waals surface area contributed by atoms with Crippen molar-refractivity contribution in [2.45, 2.75) is 6.18 Å². The summed E-state index contributed by atoms with van der Waals surface area (Å²) in [6.07, 6.45) is -1.99. The number of hydrogen-bond acceptors (Lipinski definition) is 4. The maximum atomic E-state index is 13.2. The Morgan fingerprint density at radius 1 is 0.935 bits per heavy atom. The number of nitrogens with one attached hydrogen (secondary N) is 1. The monoisotopic (exact) mass is 424 g/mol. The van der Waals surface area contributed by atoms with Gasteiger partial charge in [0.25, 0.3) is 5.91 Å². The lowest BCUT2D eigenvalue weighted by Gasteiger charge is -2.14. The smallest absolute Gasteiger partial charge is 0.416 e. The second-order valence-corrected chi connectivity index (χ2v) is 6.46. The summed E-state index contributed by atoms with van der Waals surface area (Å²) in [5.74, 6) is 0.582. The van der Waals surface area contributed by atoms with Gasteiger partial charge in [0.05, 0.1) is 16.9 Å². The molecule has 3 aromatic carbocycles. The van der Waals surface area contributed by atoms with Crippen molar-refractivity contribution in [1.82, 2.24) is 14.8 Å². The maximum absolute atomic E-state index is 13.2. The van der Waals surface area contributed by atoms with E-state index in [1.54, 1.807) is 24.3 Å². The number of rotatable bonds is 5. The summed E-state index contributed by atoms with van der Waals surface area (Å²) in [7, 11) is 0. The van der Waals surface area contributed by atoms with Crippen LogP contribution in [0.25, 0.3) is 5.69 Å². The van der Waals surface area contributed by atoms with Gasteiger partial charge >= 0.3 is 6.18 Å². The van der Waals surface area contributed by atoms with Gasteiger partial charge in [0.15, 0.2) is 0 Å². The van der Waals surface area contributed by atoms with E-state index in [1.165, 1.54) is 35.5 Å². The van der Waals surface area contributed by atoms with Gasteiger partial charge in [0, 0.05) is 5.56 Å². The molecule has 31 heavy (non-hydrogen) atoms. The first kappa shape index (κ1) is 20.1. The second kappa shape index (κ2) is 8.31. The molecule has 0 saturated carbocycles. The topological polar surface area (TPSA) is 69.0 Å². The molecule has 6 nitrogen and oxygen atoms in total. The largest absolute Gasteiger partial charge is 0.457 e. The predicted octanol–water partition coefficient (Wildman–Crippen LogP) is 5.33. The number of hydrogen-bond donors (Lipinski definition) is 1. The number of ether oxygens (including phenoxy) is 1. The van der Waals surface area contributed by atoms with Crippen molar-refractivity contribution >= 4 is 11.6 Å². The molecule has 0 bridgehead atoms. The first-order chi connectivity index (χ1) is 14.9. The van der Waals surface area contributed by atoms with Gasteiger partial charge in [-0.1, -0.05) is 18.2 Å². The molecule has 0 aliphatic heterocycles. The Bertz CT molecular complexity index is 1180. The molecule has 0 aliphatic carbocycles. The summed E-state index contributed by atoms with van der Waals surface area (Å²) in [5, 5.41) is 6.46. The van der Waals surface area contributed by atoms with E-state index < -0.39 is 17.6 Å². The highest BCUT2D eigenvalue weighted by Gasteiger charge is 2.31. The molecule has 0 aliphatic rings. The number of carbonyl (C=O) groups excluding carboxylic acids is 1. The average Bonchev–Trinajstić information content (AvgIpc) is 3.29. The molecular formula is C22H15F3N4O2. The van der Waals surface area contributed by atoms with Gasteiger partial charge in [-0.2, -0.15) is 18.3 Å². The maximum Gasteiger partial charge on any atom is 0.416 e. The van der Waals surface area contributed by atoms with Gasteiger partial charge < -0.3 is 10.1 Å². The minimum absolute atomic E-state index is 0.0464. The average molecular weight is 424 g/mol. The standard InChI is InChI=1S/C22H15F3N4O2/c23-22(24,25)16-8-11-20(29-14-26-13-27-29)19(12-16)28-21(30)15-6-9-18(10-7-15)31-17-4-2-1-3-5-17/h1-14H,(H,28,30). The van der Waals surface area contributed by atoms with Gasteiger partial charge in [-0.05, 0) is 54.6 Å². The van der Waals surface area contributed by atoms with Crippen LogP contribution in [0.3, 0.4) is 0 Å². The number of amides is 1. The second-order valence-electron chi connectivity index (χ2n) is 6.46. The van der Waals surface area contributed by atoms with E-state index in [4.69, 9.17) is 4.74 Å². The van der Waals surface area contributed by atoms with E-state index in [9.17, 15) is 18.0 Å². The van der Waals surface area contributed by atoms with E-state index in [-0.39, 0.29) is 16.9 Å². The summed E-state index contributed by atoms with van der Waals surface area (Å²) in [5.41, 5.74) is -0.432. The summed E-state index contributed by atoms with van der Waals surface area (Å²) in [4.78, 5) is 16.5. The molecule has 0 unspecified atom stereocenters. The van der Waals surface area contributed by atoms with Crippen LogP contribution >= 0.6 is 0 Å². The van der Waals surface area contributed by atoms with E-state index in [0.29, 0.717) is 11.5 Å². The van der Waals surface area contributed by atoms with E-state index in [0.717, 1.165) is 12.1 Å². The predicted molar refractivity (Wildman–Crippen MR) is 107 cm³/mol. The Morgan fingerprint density at radius 2 is 1.65 bits per heavy atom. The molecule has 0 spiro atoms. The summed E-state index contributed by atoms with van der Waals surface area (Å²) >= 11 is 0. The van der Waals surface area contributed by atoms with Gasteiger partial charge in [0.2, 0.25) is 0 Å². The van der Waals surface area contributed by atoms with Crippen molar-refractivity contribution in [2.24, 2.45) is 0 Å². The van der Waals surface area contributed by atoms with Crippen molar-refractivity contribution in [3.05, 3.63) is 96.6 Å². The number of benzene rings is 3. The van der Waals surface area contributed by atoms with Crippen LogP contribution in [0.1, 0.15) is 15.9 Å². The molecule has 1 aromatic heterocycles. The Balaban J connectivity index is 1.57. The molecule has 4 rings (SSSR count). The van der Waals surface area contributed by atoms with Gasteiger partial charge in [-0.25, -0.2) is 9.67 Å². The number of aromatic nitrogens is 3. The zero-order valence-electron chi connectivity index (χ0n) is 15.9. The van der Waals surface area contributed by atoms with Crippen molar-refractivity contribution in [1.29, 1.82) is 0 Å². The van der Waals surface area contributed by atoms with Gasteiger partial charge in [0.1, 0.15) is 24.2 Å². The summed E-state index contributed by atoms with van der Waals surface area (Å²) < 4.78 is 46.4. The van der Waals surface area contributed by atoms with Crippen LogP contribution in [0, 0.1) is 0 Å². The zero-order chi connectivity index (χ0) is 21.8. The fourth-order valence-electron chi connectivity index (χ4n) is 2.84. The lowest BCUT2D eigenvalue weighted by Crippen LogP contribution is -2.15. The number of nitrogens with zero attached hydrogens (tertiary/aromatic N) is 3.